The SMILES string of the molecule is COc1ccc(Cl)cc1NC(=O)c1cncc(C(=O)NC(C)C)c1. The van der Waals surface area contributed by atoms with Gasteiger partial charge in [-0.05, 0) is 38.1 Å². The minimum atomic E-state index is -0.415. The molecule has 0 fully saturated rings. The van der Waals surface area contributed by atoms with Crippen molar-refractivity contribution in [2.24, 2.45) is 0 Å². The van der Waals surface area contributed by atoms with Gasteiger partial charge in [-0.3, -0.25) is 14.6 Å². The number of nitrogens with zero attached hydrogens (tertiary/aromatic N) is 1. The van der Waals surface area contributed by atoms with Crippen LogP contribution in [0, 0.1) is 0 Å². The second-order valence-corrected chi connectivity index (χ2v) is 5.83. The predicted octanol–water partition coefficient (Wildman–Crippen LogP) is 3.13. The summed E-state index contributed by atoms with van der Waals surface area (Å²) in [4.78, 5) is 28.4. The number of methoxy groups -OCH3 is 1. The van der Waals surface area contributed by atoms with E-state index in [0.717, 1.165) is 0 Å². The van der Waals surface area contributed by atoms with E-state index in [1.54, 1.807) is 18.2 Å². The summed E-state index contributed by atoms with van der Waals surface area (Å²) in [6.07, 6.45) is 2.80. The molecular weight excluding hydrogens is 330 g/mol. The number of nitrogens with one attached hydrogen (secondary N) is 2. The fourth-order valence-electron chi connectivity index (χ4n) is 2.01. The number of carbonyl (C=O) groups excluding carboxylic acids is 2. The van der Waals surface area contributed by atoms with Gasteiger partial charge >= 0.3 is 0 Å². The highest BCUT2D eigenvalue weighted by Gasteiger charge is 2.14. The molecule has 0 atom stereocenters. The van der Waals surface area contributed by atoms with E-state index in [9.17, 15) is 9.59 Å². The Balaban J connectivity index is 2.22. The molecule has 6 nitrogen and oxygen atoms in total. The highest BCUT2D eigenvalue weighted by molar-refractivity contribution is 6.31. The number of halogens is 1. The molecule has 2 N–H and O–H groups in total. The van der Waals surface area contributed by atoms with Crippen LogP contribution in [-0.4, -0.2) is 29.9 Å². The summed E-state index contributed by atoms with van der Waals surface area (Å²) in [5, 5.41) is 5.92. The van der Waals surface area contributed by atoms with Gasteiger partial charge in [0, 0.05) is 23.5 Å². The van der Waals surface area contributed by atoms with Gasteiger partial charge in [0.2, 0.25) is 0 Å². The maximum atomic E-state index is 12.4. The van der Waals surface area contributed by atoms with Gasteiger partial charge in [0.1, 0.15) is 5.75 Å². The van der Waals surface area contributed by atoms with Gasteiger partial charge in [-0.25, -0.2) is 0 Å². The van der Waals surface area contributed by atoms with Crippen LogP contribution in [0.3, 0.4) is 0 Å². The van der Waals surface area contributed by atoms with Crippen LogP contribution in [0.1, 0.15) is 34.6 Å². The van der Waals surface area contributed by atoms with E-state index >= 15 is 0 Å². The average molecular weight is 348 g/mol. The molecule has 0 radical (unpaired) electrons. The summed E-state index contributed by atoms with van der Waals surface area (Å²) >= 11 is 5.95. The lowest BCUT2D eigenvalue weighted by Gasteiger charge is -2.11. The van der Waals surface area contributed by atoms with Gasteiger partial charge in [0.15, 0.2) is 0 Å². The molecule has 2 amide bonds. The number of hydrogen-bond donors (Lipinski definition) is 2. The van der Waals surface area contributed by atoms with Gasteiger partial charge in [-0.15, -0.1) is 0 Å². The molecule has 0 aliphatic carbocycles. The molecule has 0 spiro atoms. The molecule has 0 saturated carbocycles. The van der Waals surface area contributed by atoms with Gasteiger partial charge in [0.05, 0.1) is 23.9 Å². The third kappa shape index (κ3) is 4.45. The summed E-state index contributed by atoms with van der Waals surface area (Å²) in [5.74, 6) is -0.218. The highest BCUT2D eigenvalue weighted by atomic mass is 35.5. The second-order valence-electron chi connectivity index (χ2n) is 5.39. The molecule has 0 aliphatic rings. The standard InChI is InChI=1S/C17H18ClN3O3/c1-10(2)20-16(22)11-6-12(9-19-8-11)17(23)21-14-7-13(18)4-5-15(14)24-3/h4-10H,1-3H3,(H,20,22)(H,21,23). The molecule has 24 heavy (non-hydrogen) atoms. The summed E-state index contributed by atoms with van der Waals surface area (Å²) in [6, 6.07) is 6.38. The first-order valence-corrected chi connectivity index (χ1v) is 7.69. The fourth-order valence-corrected chi connectivity index (χ4v) is 2.18. The quantitative estimate of drug-likeness (QED) is 0.870. The number of aromatic nitrogens is 1. The lowest BCUT2D eigenvalue weighted by molar-refractivity contribution is 0.0942. The first-order chi connectivity index (χ1) is 11.4. The van der Waals surface area contributed by atoms with Crippen molar-refractivity contribution >= 4 is 29.1 Å². The van der Waals surface area contributed by atoms with Crippen molar-refractivity contribution in [1.29, 1.82) is 0 Å². The van der Waals surface area contributed by atoms with Crippen molar-refractivity contribution in [1.82, 2.24) is 10.3 Å². The first kappa shape index (κ1) is 17.7. The maximum absolute atomic E-state index is 12.4. The van der Waals surface area contributed by atoms with E-state index in [0.29, 0.717) is 22.0 Å². The lowest BCUT2D eigenvalue weighted by atomic mass is 10.1. The van der Waals surface area contributed by atoms with Crippen molar-refractivity contribution in [3.63, 3.8) is 0 Å². The predicted molar refractivity (Wildman–Crippen MR) is 92.8 cm³/mol. The van der Waals surface area contributed by atoms with Gasteiger partial charge in [0.25, 0.3) is 11.8 Å². The molecule has 0 bridgehead atoms. The Labute approximate surface area is 145 Å². The third-order valence-electron chi connectivity index (χ3n) is 3.09. The van der Waals surface area contributed by atoms with Crippen molar-refractivity contribution < 1.29 is 14.3 Å². The Bertz CT molecular complexity index is 762. The molecule has 0 aliphatic heterocycles. The Morgan fingerprint density at radius 3 is 2.42 bits per heavy atom. The summed E-state index contributed by atoms with van der Waals surface area (Å²) < 4.78 is 5.19. The van der Waals surface area contributed by atoms with E-state index in [1.165, 1.54) is 25.6 Å². The van der Waals surface area contributed by atoms with Crippen molar-refractivity contribution in [2.45, 2.75) is 19.9 Å². The zero-order valence-electron chi connectivity index (χ0n) is 13.6. The Morgan fingerprint density at radius 2 is 1.79 bits per heavy atom. The van der Waals surface area contributed by atoms with Crippen LogP contribution in [-0.2, 0) is 0 Å². The number of hydrogen-bond acceptors (Lipinski definition) is 4. The Hall–Kier alpha value is -2.60. The second kappa shape index (κ2) is 7.79. The molecule has 0 unspecified atom stereocenters. The molecule has 126 valence electrons. The normalized spacial score (nSPS) is 10.4. The van der Waals surface area contributed by atoms with E-state index in [4.69, 9.17) is 16.3 Å². The number of rotatable bonds is 5. The van der Waals surface area contributed by atoms with E-state index in [2.05, 4.69) is 15.6 Å². The van der Waals surface area contributed by atoms with Crippen molar-refractivity contribution in [2.75, 3.05) is 12.4 Å². The number of benzene rings is 1. The molecular formula is C17H18ClN3O3. The topological polar surface area (TPSA) is 80.3 Å². The van der Waals surface area contributed by atoms with E-state index < -0.39 is 5.91 Å². The zero-order chi connectivity index (χ0) is 17.7. The van der Waals surface area contributed by atoms with Gasteiger partial charge in [-0.1, -0.05) is 11.6 Å². The van der Waals surface area contributed by atoms with Crippen LogP contribution < -0.4 is 15.4 Å². The smallest absolute Gasteiger partial charge is 0.257 e. The number of amides is 2. The van der Waals surface area contributed by atoms with Crippen LogP contribution in [0.5, 0.6) is 5.75 Å². The molecule has 0 saturated heterocycles. The van der Waals surface area contributed by atoms with E-state index in [-0.39, 0.29) is 17.5 Å². The lowest BCUT2D eigenvalue weighted by Crippen LogP contribution is -2.30. The van der Waals surface area contributed by atoms with E-state index in [1.807, 2.05) is 13.8 Å². The third-order valence-corrected chi connectivity index (χ3v) is 3.33. The summed E-state index contributed by atoms with van der Waals surface area (Å²) in [6.45, 7) is 3.71. The Morgan fingerprint density at radius 1 is 1.12 bits per heavy atom. The molecule has 2 rings (SSSR count). The zero-order valence-corrected chi connectivity index (χ0v) is 14.3. The minimum absolute atomic E-state index is 0.00861. The highest BCUT2D eigenvalue weighted by Crippen LogP contribution is 2.28. The first-order valence-electron chi connectivity index (χ1n) is 7.31. The van der Waals surface area contributed by atoms with Crippen LogP contribution in [0.25, 0.3) is 0 Å². The van der Waals surface area contributed by atoms with Crippen LogP contribution in [0.15, 0.2) is 36.7 Å². The number of pyridine rings is 1. The molecule has 7 heteroatoms. The molecule has 2 aromatic rings. The molecule has 1 aromatic carbocycles. The summed E-state index contributed by atoms with van der Waals surface area (Å²) in [7, 11) is 1.50. The Kier molecular flexibility index (Phi) is 5.76. The van der Waals surface area contributed by atoms with Crippen LogP contribution >= 0.6 is 11.6 Å². The van der Waals surface area contributed by atoms with Crippen molar-refractivity contribution in [3.8, 4) is 5.75 Å². The molecule has 1 heterocycles. The number of ether oxygens (including phenoxy) is 1. The van der Waals surface area contributed by atoms with Crippen LogP contribution in [0.2, 0.25) is 5.02 Å². The summed E-state index contributed by atoms with van der Waals surface area (Å²) in [5.41, 5.74) is 1.01. The maximum Gasteiger partial charge on any atom is 0.257 e. The monoisotopic (exact) mass is 347 g/mol. The minimum Gasteiger partial charge on any atom is -0.495 e. The fraction of sp³-hybridized carbons (Fsp3) is 0.235. The largest absolute Gasteiger partial charge is 0.495 e. The molecule has 1 aromatic heterocycles. The van der Waals surface area contributed by atoms with Gasteiger partial charge < -0.3 is 15.4 Å². The van der Waals surface area contributed by atoms with Gasteiger partial charge in [-0.2, -0.15) is 0 Å². The van der Waals surface area contributed by atoms with Crippen molar-refractivity contribution in [3.05, 3.63) is 52.8 Å². The average Bonchev–Trinajstić information content (AvgIpc) is 2.54. The number of anilines is 1. The number of carbonyl (C=O) groups is 2. The van der Waals surface area contributed by atoms with Crippen LogP contribution in [0.4, 0.5) is 5.69 Å².